The van der Waals surface area contributed by atoms with Crippen molar-refractivity contribution in [3.63, 3.8) is 0 Å². The molecule has 0 heterocycles. The fourth-order valence-electron chi connectivity index (χ4n) is 2.02. The summed E-state index contributed by atoms with van der Waals surface area (Å²) in [5.74, 6) is -4.78. The number of ether oxygens (including phenoxy) is 2. The number of carbonyl (C=O) groups excluding carboxylic acids is 2. The number of hydrogen-bond acceptors (Lipinski definition) is 6. The highest BCUT2D eigenvalue weighted by atomic mass is 35.5. The molecule has 6 nitrogen and oxygen atoms in total. The van der Waals surface area contributed by atoms with Crippen LogP contribution in [-0.2, 0) is 9.47 Å². The van der Waals surface area contributed by atoms with E-state index >= 15 is 0 Å². The summed E-state index contributed by atoms with van der Waals surface area (Å²) < 4.78 is 9.28. The molecule has 0 aliphatic heterocycles. The summed E-state index contributed by atoms with van der Waals surface area (Å²) in [5.41, 5.74) is -2.61. The van der Waals surface area contributed by atoms with Crippen molar-refractivity contribution in [2.24, 2.45) is 0 Å². The van der Waals surface area contributed by atoms with E-state index in [2.05, 4.69) is 9.47 Å². The molecule has 0 radical (unpaired) electrons. The van der Waals surface area contributed by atoms with E-state index in [4.69, 9.17) is 23.2 Å². The van der Waals surface area contributed by atoms with Gasteiger partial charge in [-0.3, -0.25) is 0 Å². The summed E-state index contributed by atoms with van der Waals surface area (Å²) in [7, 11) is 0. The zero-order chi connectivity index (χ0) is 13.8. The van der Waals surface area contributed by atoms with Gasteiger partial charge in [0, 0.05) is 36.0 Å². The van der Waals surface area contributed by atoms with Crippen LogP contribution >= 0.6 is 23.2 Å². The van der Waals surface area contributed by atoms with E-state index in [1.165, 1.54) is 0 Å². The normalized spacial score (nSPS) is 22.4. The van der Waals surface area contributed by atoms with Gasteiger partial charge in [-0.2, -0.15) is 0 Å². The lowest BCUT2D eigenvalue weighted by atomic mass is 9.90. The molecule has 0 aromatic heterocycles. The summed E-state index contributed by atoms with van der Waals surface area (Å²) in [6.07, 6.45) is 2.31. The van der Waals surface area contributed by atoms with Gasteiger partial charge in [-0.05, 0) is 12.8 Å². The average Bonchev–Trinajstić information content (AvgIpc) is 2.19. The summed E-state index contributed by atoms with van der Waals surface area (Å²) >= 11 is 10.2. The average molecular weight is 301 g/mol. The number of hydrogen-bond donors (Lipinski definition) is 2. The molecule has 0 saturated heterocycles. The maximum absolute atomic E-state index is 10.9. The number of rotatable bonds is 2. The molecule has 1 aliphatic carbocycles. The van der Waals surface area contributed by atoms with Gasteiger partial charge in [0.25, 0.3) is 0 Å². The molecule has 2 N–H and O–H groups in total. The second kappa shape index (κ2) is 6.06. The Morgan fingerprint density at radius 3 is 1.78 bits per heavy atom. The zero-order valence-corrected chi connectivity index (χ0v) is 11.0. The Morgan fingerprint density at radius 2 is 1.33 bits per heavy atom. The standard InChI is InChI=1S/C10H14Cl2O6/c11-7(13)17-10(18-8(12)14)6-4-2-1-3-5-9(10,15)16/h15-16H,1-6H2. The molecule has 1 aliphatic rings. The lowest BCUT2D eigenvalue weighted by molar-refractivity contribution is -0.352. The van der Waals surface area contributed by atoms with Crippen molar-refractivity contribution in [2.75, 3.05) is 0 Å². The highest BCUT2D eigenvalue weighted by molar-refractivity contribution is 6.61. The molecule has 1 saturated carbocycles. The van der Waals surface area contributed by atoms with Crippen molar-refractivity contribution in [3.05, 3.63) is 0 Å². The predicted molar refractivity (Wildman–Crippen MR) is 62.3 cm³/mol. The molecule has 1 fully saturated rings. The van der Waals surface area contributed by atoms with Crippen LogP contribution < -0.4 is 0 Å². The molecule has 0 bridgehead atoms. The fraction of sp³-hybridized carbons (Fsp3) is 0.800. The highest BCUT2D eigenvalue weighted by Crippen LogP contribution is 2.38. The van der Waals surface area contributed by atoms with Gasteiger partial charge in [0.05, 0.1) is 0 Å². The van der Waals surface area contributed by atoms with Crippen LogP contribution in [0.1, 0.15) is 38.5 Å². The first-order chi connectivity index (χ1) is 8.29. The topological polar surface area (TPSA) is 93.1 Å². The van der Waals surface area contributed by atoms with Crippen LogP contribution in [0, 0.1) is 0 Å². The number of halogens is 2. The van der Waals surface area contributed by atoms with E-state index in [1.807, 2.05) is 0 Å². The van der Waals surface area contributed by atoms with Gasteiger partial charge in [-0.25, -0.2) is 9.59 Å². The van der Waals surface area contributed by atoms with Gasteiger partial charge in [-0.15, -0.1) is 0 Å². The van der Waals surface area contributed by atoms with Crippen LogP contribution in [0.3, 0.4) is 0 Å². The Bertz CT molecular complexity index is 314. The third-order valence-electron chi connectivity index (χ3n) is 2.88. The second-order valence-corrected chi connectivity index (χ2v) is 4.78. The predicted octanol–water partition coefficient (Wildman–Crippen LogP) is 2.47. The summed E-state index contributed by atoms with van der Waals surface area (Å²) in [5, 5.41) is 19.9. The molecule has 104 valence electrons. The Hall–Kier alpha value is -0.560. The van der Waals surface area contributed by atoms with E-state index in [-0.39, 0.29) is 12.8 Å². The van der Waals surface area contributed by atoms with E-state index in [0.717, 1.165) is 12.8 Å². The lowest BCUT2D eigenvalue weighted by Crippen LogP contribution is -2.59. The van der Waals surface area contributed by atoms with Gasteiger partial charge >= 0.3 is 16.6 Å². The third kappa shape index (κ3) is 3.71. The van der Waals surface area contributed by atoms with Crippen LogP contribution in [0.4, 0.5) is 9.59 Å². The minimum Gasteiger partial charge on any atom is -0.405 e. The molecule has 0 aromatic carbocycles. The lowest BCUT2D eigenvalue weighted by Gasteiger charge is -2.41. The molecule has 18 heavy (non-hydrogen) atoms. The van der Waals surface area contributed by atoms with Crippen molar-refractivity contribution < 1.29 is 29.3 Å². The Morgan fingerprint density at radius 1 is 0.889 bits per heavy atom. The first kappa shape index (κ1) is 15.5. The van der Waals surface area contributed by atoms with Gasteiger partial charge < -0.3 is 19.7 Å². The molecular formula is C10H14Cl2O6. The Kier molecular flexibility index (Phi) is 5.21. The Labute approximate surface area is 114 Å². The van der Waals surface area contributed by atoms with Crippen molar-refractivity contribution >= 4 is 34.1 Å². The monoisotopic (exact) mass is 300 g/mol. The maximum atomic E-state index is 10.9. The minimum absolute atomic E-state index is 0.0864. The molecule has 0 unspecified atom stereocenters. The molecule has 0 atom stereocenters. The summed E-state index contributed by atoms with van der Waals surface area (Å²) in [6.45, 7) is 0. The summed E-state index contributed by atoms with van der Waals surface area (Å²) in [4.78, 5) is 21.7. The molecule has 8 heteroatoms. The SMILES string of the molecule is O=C(Cl)OC1(OC(=O)Cl)CCCCCCC1(O)O. The van der Waals surface area contributed by atoms with E-state index < -0.39 is 22.4 Å². The van der Waals surface area contributed by atoms with Crippen molar-refractivity contribution in [1.29, 1.82) is 0 Å². The first-order valence-electron chi connectivity index (χ1n) is 5.51. The summed E-state index contributed by atoms with van der Waals surface area (Å²) in [6, 6.07) is 0. The van der Waals surface area contributed by atoms with Crippen LogP contribution in [0.2, 0.25) is 0 Å². The van der Waals surface area contributed by atoms with Crippen molar-refractivity contribution in [2.45, 2.75) is 50.1 Å². The van der Waals surface area contributed by atoms with Crippen LogP contribution in [0.25, 0.3) is 0 Å². The first-order valence-corrected chi connectivity index (χ1v) is 6.26. The van der Waals surface area contributed by atoms with E-state index in [0.29, 0.717) is 12.8 Å². The van der Waals surface area contributed by atoms with Gasteiger partial charge in [-0.1, -0.05) is 12.8 Å². The van der Waals surface area contributed by atoms with Crippen LogP contribution in [-0.4, -0.2) is 32.6 Å². The van der Waals surface area contributed by atoms with Crippen molar-refractivity contribution in [3.8, 4) is 0 Å². The van der Waals surface area contributed by atoms with E-state index in [9.17, 15) is 19.8 Å². The fourth-order valence-corrected chi connectivity index (χ4v) is 2.27. The molecule has 0 amide bonds. The Balaban J connectivity index is 3.05. The molecule has 1 rings (SSSR count). The zero-order valence-electron chi connectivity index (χ0n) is 9.53. The second-order valence-electron chi connectivity index (χ2n) is 4.16. The molecular weight excluding hydrogens is 287 g/mol. The third-order valence-corrected chi connectivity index (χ3v) is 3.04. The molecule has 0 spiro atoms. The smallest absolute Gasteiger partial charge is 0.405 e. The van der Waals surface area contributed by atoms with E-state index in [1.54, 1.807) is 0 Å². The van der Waals surface area contributed by atoms with Crippen molar-refractivity contribution in [1.82, 2.24) is 0 Å². The van der Waals surface area contributed by atoms with Gasteiger partial charge in [0.15, 0.2) is 0 Å². The number of carbonyl (C=O) groups is 2. The minimum atomic E-state index is -2.53. The van der Waals surface area contributed by atoms with Crippen LogP contribution in [0.15, 0.2) is 0 Å². The maximum Gasteiger partial charge on any atom is 0.407 e. The quantitative estimate of drug-likeness (QED) is 0.601. The van der Waals surface area contributed by atoms with Gasteiger partial charge in [0.2, 0.25) is 5.79 Å². The van der Waals surface area contributed by atoms with Crippen LogP contribution in [0.5, 0.6) is 0 Å². The van der Waals surface area contributed by atoms with Gasteiger partial charge in [0.1, 0.15) is 0 Å². The largest absolute Gasteiger partial charge is 0.407 e. The highest BCUT2D eigenvalue weighted by Gasteiger charge is 2.56. The number of aliphatic hydroxyl groups is 2. The molecule has 0 aromatic rings.